The highest BCUT2D eigenvalue weighted by Crippen LogP contribution is 2.25. The number of nitrogens with zero attached hydrogens (tertiary/aromatic N) is 6. The maximum Gasteiger partial charge on any atom is 0.403 e. The van der Waals surface area contributed by atoms with Crippen LogP contribution in [-0.4, -0.2) is 82.3 Å². The number of hydrogen-bond acceptors (Lipinski definition) is 4. The largest absolute Gasteiger partial charge is 0.403 e. The summed E-state index contributed by atoms with van der Waals surface area (Å²) in [6, 6.07) is 4.37. The first-order valence-corrected chi connectivity index (χ1v) is 9.45. The number of aromatic nitrogens is 3. The maximum atomic E-state index is 12.9. The number of nitrogens with one attached hydrogen (secondary N) is 1. The highest BCUT2D eigenvalue weighted by atomic mass is 19.4. The van der Waals surface area contributed by atoms with Crippen LogP contribution < -0.4 is 5.32 Å². The number of piperazine rings is 1. The van der Waals surface area contributed by atoms with Gasteiger partial charge in [-0.25, -0.2) is 0 Å². The van der Waals surface area contributed by atoms with Gasteiger partial charge in [-0.1, -0.05) is 6.07 Å². The fourth-order valence-electron chi connectivity index (χ4n) is 3.37. The lowest BCUT2D eigenvalue weighted by atomic mass is 10.2. The minimum atomic E-state index is -4.19. The van der Waals surface area contributed by atoms with Crippen LogP contribution in [0.4, 0.5) is 13.2 Å². The molecule has 10 heteroatoms. The molecule has 28 heavy (non-hydrogen) atoms. The third-order valence-corrected chi connectivity index (χ3v) is 5.09. The number of alkyl halides is 3. The van der Waals surface area contributed by atoms with Crippen molar-refractivity contribution in [1.82, 2.24) is 29.7 Å². The van der Waals surface area contributed by atoms with E-state index in [0.29, 0.717) is 32.7 Å². The van der Waals surface area contributed by atoms with Crippen molar-refractivity contribution < 1.29 is 13.2 Å². The molecule has 0 radical (unpaired) electrons. The van der Waals surface area contributed by atoms with E-state index in [1.165, 1.54) is 11.8 Å². The van der Waals surface area contributed by atoms with Crippen molar-refractivity contribution in [3.8, 4) is 0 Å². The predicted molar refractivity (Wildman–Crippen MR) is 101 cm³/mol. The smallest absolute Gasteiger partial charge is 0.356 e. The zero-order chi connectivity index (χ0) is 20.1. The Balaban J connectivity index is 1.44. The number of guanidine groups is 1. The third kappa shape index (κ3) is 4.73. The topological polar surface area (TPSA) is 61.1 Å². The van der Waals surface area contributed by atoms with Crippen LogP contribution in [-0.2, 0) is 6.42 Å². The molecule has 0 aliphatic carbocycles. The van der Waals surface area contributed by atoms with Crippen LogP contribution in [0.2, 0.25) is 0 Å². The number of halogens is 3. The van der Waals surface area contributed by atoms with Gasteiger partial charge in [0.15, 0.2) is 11.6 Å². The molecular formula is C18H26F3N7. The Morgan fingerprint density at radius 3 is 2.64 bits per heavy atom. The van der Waals surface area contributed by atoms with Gasteiger partial charge in [0.2, 0.25) is 0 Å². The van der Waals surface area contributed by atoms with Crippen LogP contribution in [0.3, 0.4) is 0 Å². The van der Waals surface area contributed by atoms with Crippen molar-refractivity contribution in [1.29, 1.82) is 0 Å². The monoisotopic (exact) mass is 397 g/mol. The molecule has 0 amide bonds. The second-order valence-electron chi connectivity index (χ2n) is 6.86. The molecule has 7 nitrogen and oxygen atoms in total. The number of aliphatic imine (C=N–C) groups is 1. The van der Waals surface area contributed by atoms with Crippen molar-refractivity contribution in [3.05, 3.63) is 30.2 Å². The van der Waals surface area contributed by atoms with E-state index in [1.807, 2.05) is 33.7 Å². The molecule has 0 aromatic carbocycles. The molecule has 2 aromatic rings. The zero-order valence-corrected chi connectivity index (χ0v) is 16.2. The molecule has 1 N–H and O–H groups in total. The number of hydrogen-bond donors (Lipinski definition) is 1. The van der Waals surface area contributed by atoms with Gasteiger partial charge in [-0.15, -0.1) is 10.2 Å². The summed E-state index contributed by atoms with van der Waals surface area (Å²) in [4.78, 5) is 7.75. The molecule has 154 valence electrons. The van der Waals surface area contributed by atoms with Gasteiger partial charge in [-0.2, -0.15) is 13.2 Å². The van der Waals surface area contributed by atoms with Crippen LogP contribution >= 0.6 is 0 Å². The first-order chi connectivity index (χ1) is 13.4. The number of pyridine rings is 1. The second-order valence-corrected chi connectivity index (χ2v) is 6.86. The third-order valence-electron chi connectivity index (χ3n) is 5.09. The highest BCUT2D eigenvalue weighted by Gasteiger charge is 2.41. The minimum absolute atomic E-state index is 0.368. The van der Waals surface area contributed by atoms with Gasteiger partial charge in [0.1, 0.15) is 11.9 Å². The molecule has 1 unspecified atom stereocenters. The molecule has 1 fully saturated rings. The zero-order valence-electron chi connectivity index (χ0n) is 16.2. The molecular weight excluding hydrogens is 371 g/mol. The van der Waals surface area contributed by atoms with Crippen LogP contribution in [0.5, 0.6) is 0 Å². The van der Waals surface area contributed by atoms with Gasteiger partial charge in [0.05, 0.1) is 0 Å². The standard InChI is InChI=1S/C18H26F3N7/c1-14(18(19,20)21)26-10-12-27(13-11-26)17(22-2)23-8-5-7-16-25-24-15-6-3-4-9-28(15)16/h3-4,6,9,14H,5,7-8,10-13H2,1-2H3,(H,22,23). The number of fused-ring (bicyclic) bond motifs is 1. The van der Waals surface area contributed by atoms with Crippen molar-refractivity contribution in [2.75, 3.05) is 39.8 Å². The lowest BCUT2D eigenvalue weighted by molar-refractivity contribution is -0.181. The minimum Gasteiger partial charge on any atom is -0.356 e. The van der Waals surface area contributed by atoms with Gasteiger partial charge in [0, 0.05) is 52.4 Å². The maximum absolute atomic E-state index is 12.9. The number of rotatable bonds is 5. The Hall–Kier alpha value is -2.36. The summed E-state index contributed by atoms with van der Waals surface area (Å²) in [7, 11) is 1.69. The second kappa shape index (κ2) is 8.76. The molecule has 2 aromatic heterocycles. The van der Waals surface area contributed by atoms with Gasteiger partial charge in [-0.3, -0.25) is 14.3 Å². The van der Waals surface area contributed by atoms with Gasteiger partial charge in [0.25, 0.3) is 0 Å². The van der Waals surface area contributed by atoms with Gasteiger partial charge < -0.3 is 10.2 Å². The Morgan fingerprint density at radius 2 is 1.96 bits per heavy atom. The van der Waals surface area contributed by atoms with Crippen LogP contribution in [0.25, 0.3) is 5.65 Å². The van der Waals surface area contributed by atoms with Crippen LogP contribution in [0.15, 0.2) is 29.4 Å². The molecule has 1 saturated heterocycles. The Labute approximate surface area is 162 Å². The predicted octanol–water partition coefficient (Wildman–Crippen LogP) is 1.81. The van der Waals surface area contributed by atoms with E-state index in [9.17, 15) is 13.2 Å². The molecule has 1 aliphatic rings. The van der Waals surface area contributed by atoms with E-state index >= 15 is 0 Å². The summed E-state index contributed by atoms with van der Waals surface area (Å²) < 4.78 is 40.6. The summed E-state index contributed by atoms with van der Waals surface area (Å²) in [5, 5.41) is 11.7. The average Bonchev–Trinajstić information content (AvgIpc) is 3.10. The summed E-state index contributed by atoms with van der Waals surface area (Å²) in [5.41, 5.74) is 0.826. The molecule has 3 rings (SSSR count). The first-order valence-electron chi connectivity index (χ1n) is 9.45. The molecule has 1 atom stereocenters. The Bertz CT molecular complexity index is 794. The molecule has 0 bridgehead atoms. The summed E-state index contributed by atoms with van der Waals surface area (Å²) in [6.07, 6.45) is -0.627. The summed E-state index contributed by atoms with van der Waals surface area (Å²) >= 11 is 0. The fourth-order valence-corrected chi connectivity index (χ4v) is 3.37. The SMILES string of the molecule is CN=C(NCCCc1nnc2ccccn12)N1CCN(C(C)C(F)(F)F)CC1. The fraction of sp³-hybridized carbons (Fsp3) is 0.611. The van der Waals surface area contributed by atoms with Crippen molar-refractivity contribution in [3.63, 3.8) is 0 Å². The van der Waals surface area contributed by atoms with E-state index in [4.69, 9.17) is 0 Å². The Morgan fingerprint density at radius 1 is 1.21 bits per heavy atom. The van der Waals surface area contributed by atoms with Gasteiger partial charge >= 0.3 is 6.18 Å². The molecule has 1 aliphatic heterocycles. The van der Waals surface area contributed by atoms with E-state index in [2.05, 4.69) is 20.5 Å². The normalized spacial score (nSPS) is 17.9. The molecule has 3 heterocycles. The quantitative estimate of drug-likeness (QED) is 0.474. The molecule has 0 spiro atoms. The van der Waals surface area contributed by atoms with Crippen molar-refractivity contribution in [2.45, 2.75) is 32.0 Å². The lowest BCUT2D eigenvalue weighted by Gasteiger charge is -2.39. The van der Waals surface area contributed by atoms with Crippen molar-refractivity contribution >= 4 is 11.6 Å². The van der Waals surface area contributed by atoms with Crippen LogP contribution in [0, 0.1) is 0 Å². The molecule has 0 saturated carbocycles. The van der Waals surface area contributed by atoms with E-state index in [0.717, 1.165) is 30.3 Å². The Kier molecular flexibility index (Phi) is 6.38. The summed E-state index contributed by atoms with van der Waals surface area (Å²) in [5.74, 6) is 1.63. The van der Waals surface area contributed by atoms with E-state index in [-0.39, 0.29) is 0 Å². The lowest BCUT2D eigenvalue weighted by Crippen LogP contribution is -2.56. The van der Waals surface area contributed by atoms with Gasteiger partial charge in [-0.05, 0) is 25.5 Å². The van der Waals surface area contributed by atoms with E-state index < -0.39 is 12.2 Å². The summed E-state index contributed by atoms with van der Waals surface area (Å²) in [6.45, 7) is 3.70. The number of aryl methyl sites for hydroxylation is 1. The average molecular weight is 397 g/mol. The van der Waals surface area contributed by atoms with Crippen molar-refractivity contribution in [2.24, 2.45) is 4.99 Å². The highest BCUT2D eigenvalue weighted by molar-refractivity contribution is 5.79. The van der Waals surface area contributed by atoms with E-state index in [1.54, 1.807) is 7.05 Å². The van der Waals surface area contributed by atoms with Crippen LogP contribution in [0.1, 0.15) is 19.2 Å². The first kappa shape index (κ1) is 20.4.